The van der Waals surface area contributed by atoms with E-state index in [0.29, 0.717) is 0 Å². The van der Waals surface area contributed by atoms with Crippen LogP contribution in [0.5, 0.6) is 0 Å². The highest BCUT2D eigenvalue weighted by molar-refractivity contribution is 9.14. The summed E-state index contributed by atoms with van der Waals surface area (Å²) in [4.78, 5) is 4.46. The van der Waals surface area contributed by atoms with Crippen molar-refractivity contribution in [2.45, 2.75) is 19.4 Å². The Morgan fingerprint density at radius 1 is 1.13 bits per heavy atom. The number of imidazole rings is 1. The molecule has 0 bridgehead atoms. The first-order valence-corrected chi connectivity index (χ1v) is 7.08. The van der Waals surface area contributed by atoms with Gasteiger partial charge in [0.25, 0.3) is 0 Å². The van der Waals surface area contributed by atoms with Crippen LogP contribution in [-0.2, 0) is 13.0 Å². The largest absolute Gasteiger partial charge is 0.330 e. The van der Waals surface area contributed by atoms with Gasteiger partial charge in [-0.1, -0.05) is 0 Å². The highest BCUT2D eigenvalue weighted by Gasteiger charge is 2.21. The zero-order chi connectivity index (χ0) is 10.6. The van der Waals surface area contributed by atoms with Gasteiger partial charge < -0.3 is 4.57 Å². The summed E-state index contributed by atoms with van der Waals surface area (Å²) in [5, 5.41) is 0. The van der Waals surface area contributed by atoms with Crippen molar-refractivity contribution in [2.24, 2.45) is 0 Å². The molecule has 1 aromatic carbocycles. The van der Waals surface area contributed by atoms with E-state index in [-0.39, 0.29) is 0 Å². The number of aryl methyl sites for hydroxylation is 2. The Bertz CT molecular complexity index is 560. The summed E-state index contributed by atoms with van der Waals surface area (Å²) in [6.07, 6.45) is 4.23. The first-order valence-electron chi connectivity index (χ1n) is 4.70. The standard InChI is InChI=1S/C10H7Br3N2/c11-6-5-2-1-3-15-4-14-9(10(5)15)8(13)7(6)12/h4H,1-3H2. The van der Waals surface area contributed by atoms with Gasteiger partial charge in [-0.15, -0.1) is 0 Å². The fourth-order valence-corrected chi connectivity index (χ4v) is 3.89. The lowest BCUT2D eigenvalue weighted by Crippen LogP contribution is -2.07. The number of benzene rings is 1. The summed E-state index contributed by atoms with van der Waals surface area (Å²) in [5.74, 6) is 0. The summed E-state index contributed by atoms with van der Waals surface area (Å²) in [7, 11) is 0. The van der Waals surface area contributed by atoms with Crippen LogP contribution in [-0.4, -0.2) is 9.55 Å². The smallest absolute Gasteiger partial charge is 0.104 e. The van der Waals surface area contributed by atoms with Crippen molar-refractivity contribution < 1.29 is 0 Å². The minimum Gasteiger partial charge on any atom is -0.330 e. The van der Waals surface area contributed by atoms with Gasteiger partial charge in [0.1, 0.15) is 5.52 Å². The van der Waals surface area contributed by atoms with E-state index in [1.54, 1.807) is 0 Å². The van der Waals surface area contributed by atoms with E-state index in [2.05, 4.69) is 57.3 Å². The number of rotatable bonds is 0. The van der Waals surface area contributed by atoms with Gasteiger partial charge in [-0.3, -0.25) is 0 Å². The van der Waals surface area contributed by atoms with Crippen LogP contribution >= 0.6 is 47.8 Å². The van der Waals surface area contributed by atoms with Gasteiger partial charge in [-0.25, -0.2) is 4.98 Å². The number of hydrogen-bond acceptors (Lipinski definition) is 1. The van der Waals surface area contributed by atoms with Crippen molar-refractivity contribution >= 4 is 58.8 Å². The van der Waals surface area contributed by atoms with Gasteiger partial charge in [-0.2, -0.15) is 0 Å². The molecule has 78 valence electrons. The average molecular weight is 395 g/mol. The Hall–Kier alpha value is 0.130. The number of aromatic nitrogens is 2. The van der Waals surface area contributed by atoms with Crippen LogP contribution in [0.25, 0.3) is 11.0 Å². The molecule has 1 aliphatic heterocycles. The molecule has 0 radical (unpaired) electrons. The fourth-order valence-electron chi connectivity index (χ4n) is 2.12. The molecular formula is C10H7Br3N2. The van der Waals surface area contributed by atoms with E-state index in [1.807, 2.05) is 6.33 Å². The van der Waals surface area contributed by atoms with Crippen molar-refractivity contribution in [3.05, 3.63) is 25.3 Å². The van der Waals surface area contributed by atoms with E-state index < -0.39 is 0 Å². The second kappa shape index (κ2) is 3.57. The molecule has 15 heavy (non-hydrogen) atoms. The molecule has 0 unspecified atom stereocenters. The van der Waals surface area contributed by atoms with Crippen LogP contribution in [0.1, 0.15) is 12.0 Å². The summed E-state index contributed by atoms with van der Waals surface area (Å²) in [6.45, 7) is 1.07. The van der Waals surface area contributed by atoms with Crippen molar-refractivity contribution in [3.63, 3.8) is 0 Å². The van der Waals surface area contributed by atoms with Crippen LogP contribution in [0.3, 0.4) is 0 Å². The van der Waals surface area contributed by atoms with Crippen molar-refractivity contribution in [3.8, 4) is 0 Å². The third-order valence-corrected chi connectivity index (χ3v) is 6.31. The van der Waals surface area contributed by atoms with Gasteiger partial charge in [0.2, 0.25) is 0 Å². The quantitative estimate of drug-likeness (QED) is 0.610. The second-order valence-corrected chi connectivity index (χ2v) is 6.04. The molecule has 0 saturated carbocycles. The van der Waals surface area contributed by atoms with E-state index >= 15 is 0 Å². The molecule has 1 aliphatic rings. The molecule has 5 heteroatoms. The number of halogens is 3. The Labute approximate surface area is 112 Å². The Balaban J connectivity index is 2.55. The van der Waals surface area contributed by atoms with E-state index in [1.165, 1.54) is 17.5 Å². The Kier molecular flexibility index (Phi) is 2.45. The topological polar surface area (TPSA) is 17.8 Å². The summed E-state index contributed by atoms with van der Waals surface area (Å²) in [5.41, 5.74) is 3.69. The van der Waals surface area contributed by atoms with Gasteiger partial charge in [0, 0.05) is 15.5 Å². The predicted octanol–water partition coefficient (Wildman–Crippen LogP) is 4.27. The van der Waals surface area contributed by atoms with Crippen LogP contribution in [0, 0.1) is 0 Å². The SMILES string of the molecule is Brc1c(Br)c2c3c(ncn3CCC2)c1Br. The maximum Gasteiger partial charge on any atom is 0.104 e. The lowest BCUT2D eigenvalue weighted by Gasteiger charge is -2.17. The molecule has 1 aromatic heterocycles. The zero-order valence-electron chi connectivity index (χ0n) is 7.73. The molecule has 0 amide bonds. The number of hydrogen-bond donors (Lipinski definition) is 0. The third-order valence-electron chi connectivity index (χ3n) is 2.81. The van der Waals surface area contributed by atoms with Crippen LogP contribution < -0.4 is 0 Å². The number of nitrogens with zero attached hydrogens (tertiary/aromatic N) is 2. The molecule has 0 fully saturated rings. The first-order chi connectivity index (χ1) is 7.20. The normalized spacial score (nSPS) is 14.9. The third kappa shape index (κ3) is 1.36. The second-order valence-electron chi connectivity index (χ2n) is 3.66. The van der Waals surface area contributed by atoms with Crippen LogP contribution in [0.4, 0.5) is 0 Å². The first kappa shape index (κ1) is 10.3. The highest BCUT2D eigenvalue weighted by Crippen LogP contribution is 2.42. The maximum atomic E-state index is 4.46. The monoisotopic (exact) mass is 392 g/mol. The van der Waals surface area contributed by atoms with Gasteiger partial charge in [-0.05, 0) is 66.2 Å². The summed E-state index contributed by atoms with van der Waals surface area (Å²) in [6, 6.07) is 0. The van der Waals surface area contributed by atoms with Gasteiger partial charge in [0.05, 0.1) is 16.3 Å². The Morgan fingerprint density at radius 3 is 2.73 bits per heavy atom. The predicted molar refractivity (Wildman–Crippen MR) is 71.2 cm³/mol. The molecule has 2 aromatic rings. The Morgan fingerprint density at radius 2 is 1.93 bits per heavy atom. The minimum atomic E-state index is 1.04. The summed E-state index contributed by atoms with van der Waals surface area (Å²) < 4.78 is 5.49. The van der Waals surface area contributed by atoms with Crippen LogP contribution in [0.2, 0.25) is 0 Å². The molecule has 0 N–H and O–H groups in total. The zero-order valence-corrected chi connectivity index (χ0v) is 12.5. The molecule has 0 atom stereocenters. The van der Waals surface area contributed by atoms with Crippen LogP contribution in [0.15, 0.2) is 19.7 Å². The minimum absolute atomic E-state index is 1.04. The molecule has 3 rings (SSSR count). The lowest BCUT2D eigenvalue weighted by molar-refractivity contribution is 0.630. The average Bonchev–Trinajstić information content (AvgIpc) is 2.68. The van der Waals surface area contributed by atoms with E-state index in [4.69, 9.17) is 0 Å². The molecule has 2 nitrogen and oxygen atoms in total. The van der Waals surface area contributed by atoms with Gasteiger partial charge >= 0.3 is 0 Å². The lowest BCUT2D eigenvalue weighted by atomic mass is 10.0. The summed E-state index contributed by atoms with van der Waals surface area (Å²) >= 11 is 10.8. The maximum absolute atomic E-state index is 4.46. The molecule has 0 aliphatic carbocycles. The molecular weight excluding hydrogens is 388 g/mol. The van der Waals surface area contributed by atoms with Crippen molar-refractivity contribution in [1.29, 1.82) is 0 Å². The molecule has 2 heterocycles. The van der Waals surface area contributed by atoms with Gasteiger partial charge in [0.15, 0.2) is 0 Å². The van der Waals surface area contributed by atoms with E-state index in [0.717, 1.165) is 31.9 Å². The highest BCUT2D eigenvalue weighted by atomic mass is 79.9. The fraction of sp³-hybridized carbons (Fsp3) is 0.300. The van der Waals surface area contributed by atoms with Crippen molar-refractivity contribution in [2.75, 3.05) is 0 Å². The van der Waals surface area contributed by atoms with E-state index in [9.17, 15) is 0 Å². The molecule has 0 spiro atoms. The molecule has 0 saturated heterocycles. The van der Waals surface area contributed by atoms with Crippen molar-refractivity contribution in [1.82, 2.24) is 9.55 Å².